The van der Waals surface area contributed by atoms with Gasteiger partial charge in [0.25, 0.3) is 0 Å². The van der Waals surface area contributed by atoms with Crippen LogP contribution < -0.4 is 15.5 Å². The number of nitrogens with one attached hydrogen (secondary N) is 2. The molecule has 0 saturated carbocycles. The van der Waals surface area contributed by atoms with E-state index in [1.807, 2.05) is 17.3 Å². The number of aromatic nitrogens is 2. The molecule has 1 aliphatic heterocycles. The zero-order valence-electron chi connectivity index (χ0n) is 13.3. The first kappa shape index (κ1) is 15.7. The molecule has 1 aromatic rings. The lowest BCUT2D eigenvalue weighted by Gasteiger charge is -2.23. The monoisotopic (exact) mass is 291 g/mol. The number of amides is 1. The van der Waals surface area contributed by atoms with Gasteiger partial charge in [-0.15, -0.1) is 0 Å². The van der Waals surface area contributed by atoms with Crippen molar-refractivity contribution in [3.63, 3.8) is 0 Å². The molecular weight excluding hydrogens is 266 g/mol. The summed E-state index contributed by atoms with van der Waals surface area (Å²) < 4.78 is 0. The third-order valence-corrected chi connectivity index (χ3v) is 3.57. The number of likely N-dealkylation sites (N-methyl/N-ethyl adjacent to an activating group) is 1. The standard InChI is InChI=1S/C15H25N5O/c1-15(2,3)19-10-11-8-17-14(18-9-11)20-7-5-6-12(20)13(21)16-4/h8-9,12,19H,5-7,10H2,1-4H3,(H,16,21). The number of hydrogen-bond acceptors (Lipinski definition) is 5. The highest BCUT2D eigenvalue weighted by molar-refractivity contribution is 5.84. The summed E-state index contributed by atoms with van der Waals surface area (Å²) in [6.07, 6.45) is 5.52. The van der Waals surface area contributed by atoms with Crippen molar-refractivity contribution in [2.75, 3.05) is 18.5 Å². The first-order valence-electron chi connectivity index (χ1n) is 7.45. The van der Waals surface area contributed by atoms with Crippen molar-refractivity contribution in [3.8, 4) is 0 Å². The van der Waals surface area contributed by atoms with Crippen LogP contribution in [-0.4, -0.2) is 41.0 Å². The van der Waals surface area contributed by atoms with E-state index in [9.17, 15) is 4.79 Å². The van der Waals surface area contributed by atoms with E-state index in [0.29, 0.717) is 5.95 Å². The fraction of sp³-hybridized carbons (Fsp3) is 0.667. The van der Waals surface area contributed by atoms with E-state index >= 15 is 0 Å². The van der Waals surface area contributed by atoms with Crippen LogP contribution in [0.5, 0.6) is 0 Å². The van der Waals surface area contributed by atoms with Crippen LogP contribution in [0.1, 0.15) is 39.2 Å². The van der Waals surface area contributed by atoms with E-state index in [1.54, 1.807) is 7.05 Å². The second kappa shape index (κ2) is 6.39. The summed E-state index contributed by atoms with van der Waals surface area (Å²) in [7, 11) is 1.67. The van der Waals surface area contributed by atoms with Crippen LogP contribution >= 0.6 is 0 Å². The molecule has 1 aliphatic rings. The highest BCUT2D eigenvalue weighted by Crippen LogP contribution is 2.22. The Morgan fingerprint density at radius 3 is 2.62 bits per heavy atom. The van der Waals surface area contributed by atoms with Crippen molar-refractivity contribution < 1.29 is 4.79 Å². The van der Waals surface area contributed by atoms with Gasteiger partial charge >= 0.3 is 0 Å². The fourth-order valence-corrected chi connectivity index (χ4v) is 2.40. The van der Waals surface area contributed by atoms with Crippen LogP contribution in [0.15, 0.2) is 12.4 Å². The normalized spacial score (nSPS) is 18.9. The van der Waals surface area contributed by atoms with Gasteiger partial charge in [0, 0.05) is 43.6 Å². The lowest BCUT2D eigenvalue weighted by molar-refractivity contribution is -0.121. The predicted molar refractivity (Wildman–Crippen MR) is 83.1 cm³/mol. The molecule has 2 heterocycles. The van der Waals surface area contributed by atoms with E-state index in [1.165, 1.54) is 0 Å². The number of carbonyl (C=O) groups is 1. The van der Waals surface area contributed by atoms with E-state index < -0.39 is 0 Å². The number of rotatable bonds is 4. The number of hydrogen-bond donors (Lipinski definition) is 2. The van der Waals surface area contributed by atoms with E-state index in [0.717, 1.165) is 31.5 Å². The third kappa shape index (κ3) is 4.14. The fourth-order valence-electron chi connectivity index (χ4n) is 2.40. The van der Waals surface area contributed by atoms with Crippen LogP contribution in [0.25, 0.3) is 0 Å². The summed E-state index contributed by atoms with van der Waals surface area (Å²) in [6, 6.07) is -0.145. The van der Waals surface area contributed by atoms with Gasteiger partial charge in [-0.3, -0.25) is 4.79 Å². The third-order valence-electron chi connectivity index (χ3n) is 3.57. The second-order valence-electron chi connectivity index (χ2n) is 6.46. The molecule has 2 rings (SSSR count). The molecule has 1 aromatic heterocycles. The molecule has 6 nitrogen and oxygen atoms in total. The van der Waals surface area contributed by atoms with E-state index in [-0.39, 0.29) is 17.5 Å². The van der Waals surface area contributed by atoms with E-state index in [2.05, 4.69) is 41.4 Å². The van der Waals surface area contributed by atoms with Crippen LogP contribution in [0, 0.1) is 0 Å². The van der Waals surface area contributed by atoms with Crippen molar-refractivity contribution in [3.05, 3.63) is 18.0 Å². The van der Waals surface area contributed by atoms with Crippen molar-refractivity contribution in [2.45, 2.75) is 51.7 Å². The molecule has 1 amide bonds. The van der Waals surface area contributed by atoms with Gasteiger partial charge in [0.15, 0.2) is 0 Å². The molecule has 0 aliphatic carbocycles. The first-order valence-corrected chi connectivity index (χ1v) is 7.45. The van der Waals surface area contributed by atoms with Crippen LogP contribution in [0.2, 0.25) is 0 Å². The predicted octanol–water partition coefficient (Wildman–Crippen LogP) is 1.08. The van der Waals surface area contributed by atoms with Crippen molar-refractivity contribution >= 4 is 11.9 Å². The lowest BCUT2D eigenvalue weighted by atomic mass is 10.1. The Hall–Kier alpha value is -1.69. The van der Waals surface area contributed by atoms with Crippen molar-refractivity contribution in [1.29, 1.82) is 0 Å². The zero-order valence-corrected chi connectivity index (χ0v) is 13.3. The number of anilines is 1. The molecule has 0 spiro atoms. The molecule has 6 heteroatoms. The van der Waals surface area contributed by atoms with Gasteiger partial charge in [0.1, 0.15) is 6.04 Å². The van der Waals surface area contributed by atoms with E-state index in [4.69, 9.17) is 0 Å². The minimum Gasteiger partial charge on any atom is -0.357 e. The molecule has 0 bridgehead atoms. The highest BCUT2D eigenvalue weighted by atomic mass is 16.2. The maximum atomic E-state index is 11.9. The molecular formula is C15H25N5O. The second-order valence-corrected chi connectivity index (χ2v) is 6.46. The SMILES string of the molecule is CNC(=O)C1CCCN1c1ncc(CNC(C)(C)C)cn1. The average Bonchev–Trinajstić information content (AvgIpc) is 2.93. The highest BCUT2D eigenvalue weighted by Gasteiger charge is 2.31. The van der Waals surface area contributed by atoms with Gasteiger partial charge in [-0.05, 0) is 33.6 Å². The average molecular weight is 291 g/mol. The number of nitrogens with zero attached hydrogens (tertiary/aromatic N) is 3. The van der Waals surface area contributed by atoms with Gasteiger partial charge in [0.05, 0.1) is 0 Å². The smallest absolute Gasteiger partial charge is 0.242 e. The number of carbonyl (C=O) groups excluding carboxylic acids is 1. The molecule has 1 atom stereocenters. The summed E-state index contributed by atoms with van der Waals surface area (Å²) in [5, 5.41) is 6.11. The van der Waals surface area contributed by atoms with Crippen LogP contribution in [0.3, 0.4) is 0 Å². The molecule has 1 saturated heterocycles. The quantitative estimate of drug-likeness (QED) is 0.868. The maximum Gasteiger partial charge on any atom is 0.242 e. The Kier molecular flexibility index (Phi) is 4.77. The van der Waals surface area contributed by atoms with Gasteiger partial charge in [0.2, 0.25) is 11.9 Å². The molecule has 1 fully saturated rings. The Bertz CT molecular complexity index is 480. The first-order chi connectivity index (χ1) is 9.90. The van der Waals surface area contributed by atoms with Crippen LogP contribution in [0.4, 0.5) is 5.95 Å². The Labute approximate surface area is 126 Å². The summed E-state index contributed by atoms with van der Waals surface area (Å²) in [5.74, 6) is 0.676. The molecule has 2 N–H and O–H groups in total. The largest absolute Gasteiger partial charge is 0.357 e. The summed E-state index contributed by atoms with van der Waals surface area (Å²) >= 11 is 0. The topological polar surface area (TPSA) is 70.2 Å². The molecule has 1 unspecified atom stereocenters. The van der Waals surface area contributed by atoms with Crippen molar-refractivity contribution in [2.24, 2.45) is 0 Å². The maximum absolute atomic E-state index is 11.9. The Morgan fingerprint density at radius 1 is 1.38 bits per heavy atom. The summed E-state index contributed by atoms with van der Waals surface area (Å²) in [5.41, 5.74) is 1.11. The minimum absolute atomic E-state index is 0.0366. The molecule has 21 heavy (non-hydrogen) atoms. The Morgan fingerprint density at radius 2 is 2.05 bits per heavy atom. The Balaban J connectivity index is 2.03. The van der Waals surface area contributed by atoms with Gasteiger partial charge in [-0.2, -0.15) is 0 Å². The molecule has 0 aromatic carbocycles. The van der Waals surface area contributed by atoms with Gasteiger partial charge in [-0.25, -0.2) is 9.97 Å². The van der Waals surface area contributed by atoms with Gasteiger partial charge in [-0.1, -0.05) is 0 Å². The summed E-state index contributed by atoms with van der Waals surface area (Å²) in [6.45, 7) is 7.95. The minimum atomic E-state index is -0.145. The van der Waals surface area contributed by atoms with Crippen molar-refractivity contribution in [1.82, 2.24) is 20.6 Å². The molecule has 0 radical (unpaired) electrons. The summed E-state index contributed by atoms with van der Waals surface area (Å²) in [4.78, 5) is 22.7. The van der Waals surface area contributed by atoms with Crippen LogP contribution in [-0.2, 0) is 11.3 Å². The lowest BCUT2D eigenvalue weighted by Crippen LogP contribution is -2.42. The van der Waals surface area contributed by atoms with Gasteiger partial charge < -0.3 is 15.5 Å². The molecule has 116 valence electrons. The zero-order chi connectivity index (χ0) is 15.5.